The summed E-state index contributed by atoms with van der Waals surface area (Å²) in [5.41, 5.74) is 0.426. The average Bonchev–Trinajstić information content (AvgIpc) is 2.87. The van der Waals surface area contributed by atoms with E-state index < -0.39 is 11.6 Å². The second-order valence-corrected chi connectivity index (χ2v) is 10.7. The summed E-state index contributed by atoms with van der Waals surface area (Å²) in [4.78, 5) is 0. The van der Waals surface area contributed by atoms with Gasteiger partial charge in [0.05, 0.1) is 19.3 Å². The fourth-order valence-corrected chi connectivity index (χ4v) is 6.63. The Kier molecular flexibility index (Phi) is 8.85. The zero-order valence-corrected chi connectivity index (χ0v) is 20.4. The number of halogens is 2. The monoisotopic (exact) mass is 460 g/mol. The molecule has 1 saturated heterocycles. The smallest absolute Gasteiger partial charge is 0.200 e. The van der Waals surface area contributed by atoms with E-state index in [0.717, 1.165) is 42.9 Å². The minimum atomic E-state index is -0.874. The molecule has 0 spiro atoms. The summed E-state index contributed by atoms with van der Waals surface area (Å²) in [6.07, 6.45) is 17.6. The molecule has 2 atom stereocenters. The fraction of sp³-hybridized carbons (Fsp3) is 0.724. The summed E-state index contributed by atoms with van der Waals surface area (Å²) in [5.74, 6) is 1.77. The quantitative estimate of drug-likeness (QED) is 0.364. The molecular formula is C29H42F2O2. The highest BCUT2D eigenvalue weighted by Gasteiger charge is 2.31. The standard InChI is InChI=1S/C29H42F2O2/c1-3-20-5-10-22(11-6-20)23-12-7-21(8-13-23)9-15-25-16-14-24(19-33-25)26-17-18-27(32-4-2)29(31)28(26)30/h3,17-18,20-25H,1,4-16,19H2,2H3. The van der Waals surface area contributed by atoms with Crippen LogP contribution in [-0.4, -0.2) is 19.3 Å². The van der Waals surface area contributed by atoms with Crippen LogP contribution in [0.3, 0.4) is 0 Å². The second-order valence-electron chi connectivity index (χ2n) is 10.7. The van der Waals surface area contributed by atoms with Gasteiger partial charge >= 0.3 is 0 Å². The summed E-state index contributed by atoms with van der Waals surface area (Å²) in [6, 6.07) is 3.21. The third kappa shape index (κ3) is 6.18. The normalized spacial score (nSPS) is 32.9. The van der Waals surface area contributed by atoms with Gasteiger partial charge < -0.3 is 9.47 Å². The van der Waals surface area contributed by atoms with Crippen molar-refractivity contribution in [2.45, 2.75) is 96.0 Å². The number of allylic oxidation sites excluding steroid dienone is 1. The van der Waals surface area contributed by atoms with E-state index >= 15 is 0 Å². The van der Waals surface area contributed by atoms with Crippen LogP contribution in [-0.2, 0) is 4.74 Å². The average molecular weight is 461 g/mol. The Bertz CT molecular complexity index is 755. The van der Waals surface area contributed by atoms with Crippen molar-refractivity contribution in [3.05, 3.63) is 42.0 Å². The number of benzene rings is 1. The minimum Gasteiger partial charge on any atom is -0.491 e. The number of hydrogen-bond donors (Lipinski definition) is 0. The fourth-order valence-electron chi connectivity index (χ4n) is 6.63. The molecule has 3 aliphatic rings. The van der Waals surface area contributed by atoms with Gasteiger partial charge in [-0.1, -0.05) is 25.0 Å². The third-order valence-electron chi connectivity index (χ3n) is 8.79. The highest BCUT2D eigenvalue weighted by molar-refractivity contribution is 5.33. The molecule has 4 rings (SSSR count). The minimum absolute atomic E-state index is 0.00693. The van der Waals surface area contributed by atoms with E-state index in [1.165, 1.54) is 57.8 Å². The van der Waals surface area contributed by atoms with Crippen LogP contribution < -0.4 is 4.74 Å². The SMILES string of the molecule is C=CC1CCC(C2CCC(CCC3CCC(c4ccc(OCC)c(F)c4F)CO3)CC2)CC1. The van der Waals surface area contributed by atoms with Crippen LogP contribution in [0.25, 0.3) is 0 Å². The Morgan fingerprint density at radius 3 is 2.21 bits per heavy atom. The lowest BCUT2D eigenvalue weighted by Crippen LogP contribution is -2.28. The zero-order chi connectivity index (χ0) is 23.2. The van der Waals surface area contributed by atoms with Crippen LogP contribution in [0.2, 0.25) is 0 Å². The third-order valence-corrected chi connectivity index (χ3v) is 8.79. The summed E-state index contributed by atoms with van der Waals surface area (Å²) >= 11 is 0. The van der Waals surface area contributed by atoms with Crippen molar-refractivity contribution >= 4 is 0 Å². The maximum Gasteiger partial charge on any atom is 0.200 e. The molecule has 0 N–H and O–H groups in total. The lowest BCUT2D eigenvalue weighted by atomic mass is 9.68. The van der Waals surface area contributed by atoms with Crippen molar-refractivity contribution < 1.29 is 18.3 Å². The maximum atomic E-state index is 14.5. The summed E-state index contributed by atoms with van der Waals surface area (Å²) in [7, 11) is 0. The molecule has 2 saturated carbocycles. The van der Waals surface area contributed by atoms with Crippen molar-refractivity contribution in [2.75, 3.05) is 13.2 Å². The van der Waals surface area contributed by atoms with Gasteiger partial charge in [-0.05, 0) is 106 Å². The van der Waals surface area contributed by atoms with Gasteiger partial charge in [-0.2, -0.15) is 4.39 Å². The molecule has 33 heavy (non-hydrogen) atoms. The Labute approximate surface area is 199 Å². The van der Waals surface area contributed by atoms with E-state index in [1.807, 2.05) is 0 Å². The molecule has 2 nitrogen and oxygen atoms in total. The number of rotatable bonds is 8. The van der Waals surface area contributed by atoms with Gasteiger partial charge in [-0.25, -0.2) is 4.39 Å². The van der Waals surface area contributed by atoms with E-state index in [9.17, 15) is 8.78 Å². The molecule has 2 unspecified atom stereocenters. The molecule has 184 valence electrons. The van der Waals surface area contributed by atoms with Crippen molar-refractivity contribution in [3.63, 3.8) is 0 Å². The highest BCUT2D eigenvalue weighted by atomic mass is 19.2. The predicted octanol–water partition coefficient (Wildman–Crippen LogP) is 8.21. The molecule has 4 heteroatoms. The summed E-state index contributed by atoms with van der Waals surface area (Å²) < 4.78 is 40.1. The van der Waals surface area contributed by atoms with Gasteiger partial charge in [-0.3, -0.25) is 0 Å². The van der Waals surface area contributed by atoms with Crippen LogP contribution >= 0.6 is 0 Å². The first-order valence-corrected chi connectivity index (χ1v) is 13.4. The first-order valence-electron chi connectivity index (χ1n) is 13.4. The summed E-state index contributed by atoms with van der Waals surface area (Å²) in [6.45, 7) is 6.55. The van der Waals surface area contributed by atoms with Gasteiger partial charge in [0.25, 0.3) is 0 Å². The van der Waals surface area contributed by atoms with Crippen LogP contribution in [0.4, 0.5) is 8.78 Å². The van der Waals surface area contributed by atoms with E-state index in [2.05, 4.69) is 12.7 Å². The molecule has 2 aliphatic carbocycles. The lowest BCUT2D eigenvalue weighted by molar-refractivity contribution is -0.00635. The van der Waals surface area contributed by atoms with Crippen molar-refractivity contribution in [3.8, 4) is 5.75 Å². The Morgan fingerprint density at radius 2 is 1.61 bits per heavy atom. The van der Waals surface area contributed by atoms with Crippen LogP contribution in [0.1, 0.15) is 95.5 Å². The Morgan fingerprint density at radius 1 is 0.909 bits per heavy atom. The summed E-state index contributed by atoms with van der Waals surface area (Å²) in [5, 5.41) is 0. The van der Waals surface area contributed by atoms with Gasteiger partial charge in [0.15, 0.2) is 11.6 Å². The molecule has 0 aromatic heterocycles. The highest BCUT2D eigenvalue weighted by Crippen LogP contribution is 2.43. The Hall–Kier alpha value is -1.42. The first-order chi connectivity index (χ1) is 16.1. The second kappa shape index (κ2) is 11.8. The zero-order valence-electron chi connectivity index (χ0n) is 20.4. The molecule has 0 amide bonds. The molecule has 1 aromatic carbocycles. The van der Waals surface area contributed by atoms with Gasteiger partial charge in [0.1, 0.15) is 0 Å². The molecule has 1 heterocycles. The van der Waals surface area contributed by atoms with E-state index in [0.29, 0.717) is 18.8 Å². The predicted molar refractivity (Wildman–Crippen MR) is 130 cm³/mol. The van der Waals surface area contributed by atoms with E-state index in [4.69, 9.17) is 9.47 Å². The van der Waals surface area contributed by atoms with Crippen molar-refractivity contribution in [1.82, 2.24) is 0 Å². The number of hydrogen-bond acceptors (Lipinski definition) is 2. The topological polar surface area (TPSA) is 18.5 Å². The molecule has 0 radical (unpaired) electrons. The van der Waals surface area contributed by atoms with Crippen LogP contribution in [0.15, 0.2) is 24.8 Å². The van der Waals surface area contributed by atoms with E-state index in [1.54, 1.807) is 19.1 Å². The van der Waals surface area contributed by atoms with Gasteiger partial charge in [0, 0.05) is 5.92 Å². The number of ether oxygens (including phenoxy) is 2. The Balaban J connectivity index is 1.17. The van der Waals surface area contributed by atoms with Gasteiger partial charge in [-0.15, -0.1) is 6.58 Å². The molecule has 3 fully saturated rings. The molecule has 0 bridgehead atoms. The van der Waals surface area contributed by atoms with E-state index in [-0.39, 0.29) is 17.8 Å². The van der Waals surface area contributed by atoms with Crippen LogP contribution in [0, 0.1) is 35.3 Å². The first kappa shape index (κ1) is 24.7. The van der Waals surface area contributed by atoms with Crippen molar-refractivity contribution in [2.24, 2.45) is 23.7 Å². The maximum absolute atomic E-state index is 14.5. The largest absolute Gasteiger partial charge is 0.491 e. The van der Waals surface area contributed by atoms with Crippen LogP contribution in [0.5, 0.6) is 5.75 Å². The molecular weight excluding hydrogens is 418 g/mol. The molecule has 1 aliphatic heterocycles. The van der Waals surface area contributed by atoms with Crippen molar-refractivity contribution in [1.29, 1.82) is 0 Å². The van der Waals surface area contributed by atoms with Gasteiger partial charge in [0.2, 0.25) is 5.82 Å². The lowest BCUT2D eigenvalue weighted by Gasteiger charge is -2.38. The molecule has 1 aromatic rings.